The molecule has 2 amide bonds. The molecule has 3 aromatic heterocycles. The maximum absolute atomic E-state index is 12.7. The average Bonchev–Trinajstić information content (AvgIpc) is 3.53. The number of aromatic amines is 2. The molecule has 0 aliphatic carbocycles. The molecule has 9 nitrogen and oxygen atoms in total. The summed E-state index contributed by atoms with van der Waals surface area (Å²) < 4.78 is 1.61. The number of nitrogens with zero attached hydrogens (tertiary/aromatic N) is 4. The Balaban J connectivity index is 1.19. The van der Waals surface area contributed by atoms with Gasteiger partial charge in [-0.05, 0) is 30.5 Å². The molecule has 0 atom stereocenters. The summed E-state index contributed by atoms with van der Waals surface area (Å²) in [5.41, 5.74) is 4.41. The van der Waals surface area contributed by atoms with Gasteiger partial charge in [-0.1, -0.05) is 18.2 Å². The van der Waals surface area contributed by atoms with Crippen LogP contribution in [0.15, 0.2) is 48.9 Å². The Labute approximate surface area is 178 Å². The summed E-state index contributed by atoms with van der Waals surface area (Å²) in [4.78, 5) is 30.2. The molecule has 158 valence electrons. The molecule has 0 unspecified atom stereocenters. The molecule has 31 heavy (non-hydrogen) atoms. The largest absolute Gasteiger partial charge is 0.361 e. The van der Waals surface area contributed by atoms with Crippen LogP contribution in [-0.4, -0.2) is 54.8 Å². The van der Waals surface area contributed by atoms with E-state index in [1.807, 2.05) is 24.4 Å². The van der Waals surface area contributed by atoms with Crippen LogP contribution in [0.25, 0.3) is 10.9 Å². The van der Waals surface area contributed by atoms with Crippen molar-refractivity contribution in [1.82, 2.24) is 35.2 Å². The molecule has 0 fully saturated rings. The fourth-order valence-corrected chi connectivity index (χ4v) is 4.08. The number of rotatable bonds is 6. The lowest BCUT2D eigenvalue weighted by Crippen LogP contribution is -2.38. The van der Waals surface area contributed by atoms with Gasteiger partial charge in [-0.2, -0.15) is 10.2 Å². The number of aromatic nitrogens is 5. The third-order valence-corrected chi connectivity index (χ3v) is 5.71. The van der Waals surface area contributed by atoms with Crippen LogP contribution in [0.4, 0.5) is 0 Å². The Morgan fingerprint density at radius 3 is 2.97 bits per heavy atom. The predicted molar refractivity (Wildman–Crippen MR) is 114 cm³/mol. The zero-order valence-corrected chi connectivity index (χ0v) is 17.0. The van der Waals surface area contributed by atoms with Crippen molar-refractivity contribution in [2.24, 2.45) is 0 Å². The third-order valence-electron chi connectivity index (χ3n) is 5.71. The van der Waals surface area contributed by atoms with Crippen LogP contribution in [0.1, 0.15) is 27.3 Å². The standard InChI is InChI=1S/C22H23N7O2/c30-20(14-29-10-3-8-25-29)28-11-7-17-19(13-28)26-27-21(17)22(31)23-9-6-15-12-24-18-5-2-1-4-16(15)18/h1-5,8,10,12,24H,6-7,9,11,13-14H2,(H,23,31)(H,26,27). The van der Waals surface area contributed by atoms with Crippen molar-refractivity contribution in [2.75, 3.05) is 13.1 Å². The first-order valence-electron chi connectivity index (χ1n) is 10.3. The summed E-state index contributed by atoms with van der Waals surface area (Å²) in [5.74, 6) is -0.192. The Bertz CT molecular complexity index is 1220. The maximum atomic E-state index is 12.7. The molecule has 0 radical (unpaired) electrons. The highest BCUT2D eigenvalue weighted by Crippen LogP contribution is 2.21. The van der Waals surface area contributed by atoms with Gasteiger partial charge in [0.25, 0.3) is 5.91 Å². The normalized spacial score (nSPS) is 13.4. The summed E-state index contributed by atoms with van der Waals surface area (Å²) in [6.07, 6.45) is 6.74. The smallest absolute Gasteiger partial charge is 0.272 e. The number of carbonyl (C=O) groups excluding carboxylic acids is 2. The SMILES string of the molecule is O=C(NCCc1c[nH]c2ccccc12)c1n[nH]c2c1CCN(C(=O)Cn1cccn1)C2. The fourth-order valence-electron chi connectivity index (χ4n) is 4.08. The third kappa shape index (κ3) is 3.81. The topological polar surface area (TPSA) is 112 Å². The van der Waals surface area contributed by atoms with E-state index in [0.29, 0.717) is 31.7 Å². The second-order valence-corrected chi connectivity index (χ2v) is 7.66. The lowest BCUT2D eigenvalue weighted by Gasteiger charge is -2.26. The van der Waals surface area contributed by atoms with E-state index in [1.54, 1.807) is 28.0 Å². The van der Waals surface area contributed by atoms with E-state index in [9.17, 15) is 9.59 Å². The van der Waals surface area contributed by atoms with Crippen molar-refractivity contribution in [2.45, 2.75) is 25.9 Å². The van der Waals surface area contributed by atoms with Crippen molar-refractivity contribution >= 4 is 22.7 Å². The molecule has 5 rings (SSSR count). The summed E-state index contributed by atoms with van der Waals surface area (Å²) in [6, 6.07) is 9.91. The van der Waals surface area contributed by atoms with Gasteiger partial charge >= 0.3 is 0 Å². The number of hydrogen-bond acceptors (Lipinski definition) is 4. The lowest BCUT2D eigenvalue weighted by atomic mass is 10.0. The summed E-state index contributed by atoms with van der Waals surface area (Å²) in [5, 5.41) is 15.4. The minimum Gasteiger partial charge on any atom is -0.361 e. The molecule has 0 saturated heterocycles. The second kappa shape index (κ2) is 8.10. The van der Waals surface area contributed by atoms with Gasteiger partial charge in [-0.25, -0.2) is 0 Å². The molecule has 1 aromatic carbocycles. The number of H-pyrrole nitrogens is 2. The quantitative estimate of drug-likeness (QED) is 0.443. The van der Waals surface area contributed by atoms with Gasteiger partial charge in [-0.3, -0.25) is 19.4 Å². The first kappa shape index (κ1) is 19.1. The Morgan fingerprint density at radius 1 is 1.19 bits per heavy atom. The number of amides is 2. The Kier molecular flexibility index (Phi) is 4.99. The van der Waals surface area contributed by atoms with Gasteiger partial charge in [0, 0.05) is 48.1 Å². The molecular formula is C22H23N7O2. The van der Waals surface area contributed by atoms with Gasteiger partial charge in [0.15, 0.2) is 5.69 Å². The molecule has 4 heterocycles. The molecule has 9 heteroatoms. The van der Waals surface area contributed by atoms with E-state index in [-0.39, 0.29) is 18.4 Å². The number of hydrogen-bond donors (Lipinski definition) is 3. The number of fused-ring (bicyclic) bond motifs is 2. The van der Waals surface area contributed by atoms with Crippen LogP contribution in [0.2, 0.25) is 0 Å². The van der Waals surface area contributed by atoms with E-state index >= 15 is 0 Å². The van der Waals surface area contributed by atoms with Crippen molar-refractivity contribution < 1.29 is 9.59 Å². The van der Waals surface area contributed by atoms with Crippen LogP contribution < -0.4 is 5.32 Å². The van der Waals surface area contributed by atoms with E-state index in [4.69, 9.17) is 0 Å². The van der Waals surface area contributed by atoms with Crippen LogP contribution in [-0.2, 0) is 30.7 Å². The highest BCUT2D eigenvalue weighted by Gasteiger charge is 2.27. The Hall–Kier alpha value is -3.88. The predicted octanol–water partition coefficient (Wildman–Crippen LogP) is 1.64. The van der Waals surface area contributed by atoms with E-state index in [0.717, 1.165) is 23.2 Å². The zero-order valence-electron chi connectivity index (χ0n) is 17.0. The van der Waals surface area contributed by atoms with Crippen LogP contribution in [0.5, 0.6) is 0 Å². The molecule has 0 bridgehead atoms. The van der Waals surface area contributed by atoms with Crippen LogP contribution in [0, 0.1) is 0 Å². The lowest BCUT2D eigenvalue weighted by molar-refractivity contribution is -0.133. The molecule has 0 spiro atoms. The van der Waals surface area contributed by atoms with Crippen molar-refractivity contribution in [3.8, 4) is 0 Å². The van der Waals surface area contributed by atoms with Crippen molar-refractivity contribution in [1.29, 1.82) is 0 Å². The maximum Gasteiger partial charge on any atom is 0.272 e. The van der Waals surface area contributed by atoms with E-state index in [2.05, 4.69) is 31.7 Å². The van der Waals surface area contributed by atoms with Crippen molar-refractivity contribution in [3.63, 3.8) is 0 Å². The second-order valence-electron chi connectivity index (χ2n) is 7.66. The molecule has 0 saturated carbocycles. The molecular weight excluding hydrogens is 394 g/mol. The van der Waals surface area contributed by atoms with Crippen LogP contribution >= 0.6 is 0 Å². The first-order chi connectivity index (χ1) is 15.2. The summed E-state index contributed by atoms with van der Waals surface area (Å²) >= 11 is 0. The minimum absolute atomic E-state index is 0.00585. The van der Waals surface area contributed by atoms with Gasteiger partial charge in [0.2, 0.25) is 5.91 Å². The van der Waals surface area contributed by atoms with E-state index in [1.165, 1.54) is 10.9 Å². The number of nitrogens with one attached hydrogen (secondary N) is 3. The van der Waals surface area contributed by atoms with Crippen molar-refractivity contribution in [3.05, 3.63) is 71.4 Å². The molecule has 1 aliphatic heterocycles. The number of carbonyl (C=O) groups is 2. The zero-order chi connectivity index (χ0) is 21.2. The highest BCUT2D eigenvalue weighted by atomic mass is 16.2. The van der Waals surface area contributed by atoms with E-state index < -0.39 is 0 Å². The average molecular weight is 417 g/mol. The number of benzene rings is 1. The highest BCUT2D eigenvalue weighted by molar-refractivity contribution is 5.94. The molecule has 3 N–H and O–H groups in total. The fraction of sp³-hybridized carbons (Fsp3) is 0.273. The van der Waals surface area contributed by atoms with Gasteiger partial charge < -0.3 is 15.2 Å². The molecule has 1 aliphatic rings. The number of para-hydroxylation sites is 1. The first-order valence-corrected chi connectivity index (χ1v) is 10.3. The van der Waals surface area contributed by atoms with Crippen LogP contribution in [0.3, 0.4) is 0 Å². The van der Waals surface area contributed by atoms with Gasteiger partial charge in [0.1, 0.15) is 6.54 Å². The minimum atomic E-state index is -0.186. The van der Waals surface area contributed by atoms with Gasteiger partial charge in [0.05, 0.1) is 12.2 Å². The summed E-state index contributed by atoms with van der Waals surface area (Å²) in [7, 11) is 0. The van der Waals surface area contributed by atoms with Gasteiger partial charge in [-0.15, -0.1) is 0 Å². The Morgan fingerprint density at radius 2 is 2.10 bits per heavy atom. The summed E-state index contributed by atoms with van der Waals surface area (Å²) in [6.45, 7) is 1.71. The monoisotopic (exact) mass is 417 g/mol. The molecule has 4 aromatic rings.